The minimum Gasteiger partial charge on any atom is -0.340 e. The summed E-state index contributed by atoms with van der Waals surface area (Å²) in [6.07, 6.45) is -1.20. The number of rotatable bonds is 4. The van der Waals surface area contributed by atoms with E-state index in [2.05, 4.69) is 6.92 Å². The van der Waals surface area contributed by atoms with Crippen LogP contribution in [0.2, 0.25) is 0 Å². The summed E-state index contributed by atoms with van der Waals surface area (Å²) < 4.78 is 39.2. The second-order valence-electron chi connectivity index (χ2n) is 5.61. The third-order valence-electron chi connectivity index (χ3n) is 3.94. The van der Waals surface area contributed by atoms with Gasteiger partial charge in [-0.2, -0.15) is 13.2 Å². The molecule has 0 spiro atoms. The number of anilines is 2. The van der Waals surface area contributed by atoms with Gasteiger partial charge in [0.1, 0.15) is 0 Å². The van der Waals surface area contributed by atoms with Gasteiger partial charge in [-0.1, -0.05) is 43.7 Å². The van der Waals surface area contributed by atoms with Crippen LogP contribution in [0.15, 0.2) is 52.3 Å². The van der Waals surface area contributed by atoms with Gasteiger partial charge in [-0.25, -0.2) is 0 Å². The van der Waals surface area contributed by atoms with Crippen molar-refractivity contribution >= 4 is 23.1 Å². The number of para-hydroxylation sites is 1. The fourth-order valence-electron chi connectivity index (χ4n) is 2.77. The molecular formula is C18H18F3NS. The summed E-state index contributed by atoms with van der Waals surface area (Å²) in [7, 11) is 0. The molecule has 0 amide bonds. The van der Waals surface area contributed by atoms with Crippen LogP contribution in [0, 0.1) is 0 Å². The van der Waals surface area contributed by atoms with E-state index in [-0.39, 0.29) is 0 Å². The summed E-state index contributed by atoms with van der Waals surface area (Å²) in [5.74, 6) is 0. The van der Waals surface area contributed by atoms with Crippen molar-refractivity contribution < 1.29 is 13.2 Å². The predicted octanol–water partition coefficient (Wildman–Crippen LogP) is 6.50. The van der Waals surface area contributed by atoms with Crippen molar-refractivity contribution in [2.45, 2.75) is 42.2 Å². The van der Waals surface area contributed by atoms with E-state index in [9.17, 15) is 13.2 Å². The molecule has 0 radical (unpaired) electrons. The summed E-state index contributed by atoms with van der Waals surface area (Å²) in [5.41, 5.74) is 1.08. The van der Waals surface area contributed by atoms with Crippen LogP contribution in [0.25, 0.3) is 0 Å². The monoisotopic (exact) mass is 337 g/mol. The first-order chi connectivity index (χ1) is 11.0. The lowest BCUT2D eigenvalue weighted by atomic mass is 10.1. The Morgan fingerprint density at radius 3 is 2.43 bits per heavy atom. The van der Waals surface area contributed by atoms with Crippen molar-refractivity contribution in [3.05, 3.63) is 48.0 Å². The van der Waals surface area contributed by atoms with Crippen LogP contribution in [0.3, 0.4) is 0 Å². The molecule has 0 bridgehead atoms. The maximum Gasteiger partial charge on any atom is 0.416 e. The van der Waals surface area contributed by atoms with Gasteiger partial charge in [-0.05, 0) is 36.8 Å². The van der Waals surface area contributed by atoms with Crippen molar-refractivity contribution in [1.29, 1.82) is 0 Å². The maximum absolute atomic E-state index is 13.1. The second-order valence-corrected chi connectivity index (χ2v) is 6.69. The zero-order chi connectivity index (χ0) is 16.4. The molecule has 122 valence electrons. The van der Waals surface area contributed by atoms with Crippen molar-refractivity contribution in [1.82, 2.24) is 0 Å². The number of halogens is 3. The molecule has 0 unspecified atom stereocenters. The van der Waals surface area contributed by atoms with Crippen LogP contribution in [0.5, 0.6) is 0 Å². The molecule has 2 aromatic rings. The Balaban J connectivity index is 2.03. The highest BCUT2D eigenvalue weighted by molar-refractivity contribution is 7.99. The van der Waals surface area contributed by atoms with Crippen molar-refractivity contribution in [2.75, 3.05) is 11.4 Å². The molecule has 5 heteroatoms. The van der Waals surface area contributed by atoms with Gasteiger partial charge in [0.25, 0.3) is 0 Å². The van der Waals surface area contributed by atoms with Crippen LogP contribution < -0.4 is 4.90 Å². The summed E-state index contributed by atoms with van der Waals surface area (Å²) in [4.78, 5) is 4.01. The van der Waals surface area contributed by atoms with Crippen molar-refractivity contribution in [3.63, 3.8) is 0 Å². The van der Waals surface area contributed by atoms with Crippen LogP contribution >= 0.6 is 11.8 Å². The van der Waals surface area contributed by atoms with Crippen molar-refractivity contribution in [2.24, 2.45) is 0 Å². The molecule has 3 rings (SSSR count). The molecule has 0 aromatic heterocycles. The highest BCUT2D eigenvalue weighted by Crippen LogP contribution is 2.49. The molecule has 0 aliphatic carbocycles. The highest BCUT2D eigenvalue weighted by atomic mass is 32.2. The lowest BCUT2D eigenvalue weighted by Crippen LogP contribution is -2.22. The molecule has 0 fully saturated rings. The lowest BCUT2D eigenvalue weighted by molar-refractivity contribution is -0.137. The minimum absolute atomic E-state index is 0.586. The minimum atomic E-state index is -4.31. The molecule has 0 atom stereocenters. The average molecular weight is 337 g/mol. The first kappa shape index (κ1) is 16.2. The van der Waals surface area contributed by atoms with E-state index < -0.39 is 11.7 Å². The van der Waals surface area contributed by atoms with Gasteiger partial charge in [-0.15, -0.1) is 0 Å². The van der Waals surface area contributed by atoms with Crippen LogP contribution in [-0.4, -0.2) is 6.54 Å². The third-order valence-corrected chi connectivity index (χ3v) is 5.07. The van der Waals surface area contributed by atoms with E-state index in [1.807, 2.05) is 29.2 Å². The zero-order valence-corrected chi connectivity index (χ0v) is 13.7. The van der Waals surface area contributed by atoms with E-state index in [0.717, 1.165) is 41.3 Å². The van der Waals surface area contributed by atoms with Gasteiger partial charge in [0.15, 0.2) is 0 Å². The molecule has 1 aliphatic rings. The standard InChI is InChI=1S/C18H18F3NS/c1-2-3-6-11-22-14-7-4-5-8-16(14)23-17-10-9-13(12-15(17)22)18(19,20)21/h4-5,7-10,12H,2-3,6,11H2,1H3. The number of nitrogens with zero attached hydrogens (tertiary/aromatic N) is 1. The van der Waals surface area contributed by atoms with Gasteiger partial charge in [0, 0.05) is 16.3 Å². The van der Waals surface area contributed by atoms with E-state index in [0.29, 0.717) is 5.69 Å². The zero-order valence-electron chi connectivity index (χ0n) is 12.9. The van der Waals surface area contributed by atoms with E-state index in [1.54, 1.807) is 6.07 Å². The predicted molar refractivity (Wildman–Crippen MR) is 88.5 cm³/mol. The van der Waals surface area contributed by atoms with Gasteiger partial charge in [0.05, 0.1) is 16.9 Å². The summed E-state index contributed by atoms with van der Waals surface area (Å²) in [6, 6.07) is 11.9. The van der Waals surface area contributed by atoms with Crippen molar-refractivity contribution in [3.8, 4) is 0 Å². The molecule has 23 heavy (non-hydrogen) atoms. The SMILES string of the molecule is CCCCCN1c2ccccc2Sc2ccc(C(F)(F)F)cc21. The Hall–Kier alpha value is -1.62. The number of fused-ring (bicyclic) bond motifs is 2. The quantitative estimate of drug-likeness (QED) is 0.586. The number of alkyl halides is 3. The van der Waals surface area contributed by atoms with Gasteiger partial charge >= 0.3 is 6.18 Å². The van der Waals surface area contributed by atoms with E-state index in [4.69, 9.17) is 0 Å². The number of hydrogen-bond donors (Lipinski definition) is 0. The lowest BCUT2D eigenvalue weighted by Gasteiger charge is -2.33. The average Bonchev–Trinajstić information content (AvgIpc) is 2.53. The molecule has 1 aliphatic heterocycles. The smallest absolute Gasteiger partial charge is 0.340 e. The van der Waals surface area contributed by atoms with Gasteiger partial charge < -0.3 is 4.90 Å². The maximum atomic E-state index is 13.1. The fourth-order valence-corrected chi connectivity index (χ4v) is 3.84. The Morgan fingerprint density at radius 1 is 0.957 bits per heavy atom. The van der Waals surface area contributed by atoms with Crippen LogP contribution in [0.1, 0.15) is 31.7 Å². The molecule has 2 aromatic carbocycles. The number of unbranched alkanes of at least 4 members (excludes halogenated alkanes) is 2. The summed E-state index contributed by atoms with van der Waals surface area (Å²) >= 11 is 1.54. The summed E-state index contributed by atoms with van der Waals surface area (Å²) in [5, 5.41) is 0. The van der Waals surface area contributed by atoms with Gasteiger partial charge in [-0.3, -0.25) is 0 Å². The van der Waals surface area contributed by atoms with E-state index >= 15 is 0 Å². The van der Waals surface area contributed by atoms with E-state index in [1.165, 1.54) is 23.9 Å². The normalized spacial score (nSPS) is 13.7. The Kier molecular flexibility index (Phi) is 4.57. The third kappa shape index (κ3) is 3.34. The molecule has 0 saturated carbocycles. The van der Waals surface area contributed by atoms with Gasteiger partial charge in [0.2, 0.25) is 0 Å². The summed E-state index contributed by atoms with van der Waals surface area (Å²) in [6.45, 7) is 2.86. The molecular weight excluding hydrogens is 319 g/mol. The number of hydrogen-bond acceptors (Lipinski definition) is 2. The molecule has 0 saturated heterocycles. The van der Waals surface area contributed by atoms with Crippen LogP contribution in [0.4, 0.5) is 24.5 Å². The first-order valence-corrected chi connectivity index (χ1v) is 8.58. The fraction of sp³-hybridized carbons (Fsp3) is 0.333. The second kappa shape index (κ2) is 6.48. The Morgan fingerprint density at radius 2 is 1.70 bits per heavy atom. The molecule has 1 nitrogen and oxygen atoms in total. The Labute approximate surface area is 138 Å². The Bertz CT molecular complexity index is 697. The molecule has 1 heterocycles. The largest absolute Gasteiger partial charge is 0.416 e. The van der Waals surface area contributed by atoms with Crippen LogP contribution in [-0.2, 0) is 6.18 Å². The molecule has 0 N–H and O–H groups in total. The number of benzene rings is 2. The highest BCUT2D eigenvalue weighted by Gasteiger charge is 2.33. The topological polar surface area (TPSA) is 3.24 Å². The first-order valence-electron chi connectivity index (χ1n) is 7.76.